The van der Waals surface area contributed by atoms with E-state index in [2.05, 4.69) is 5.32 Å². The number of hydrogen-bond donors (Lipinski definition) is 3. The molecule has 0 heterocycles. The Morgan fingerprint density at radius 3 is 2.74 bits per heavy atom. The van der Waals surface area contributed by atoms with Crippen molar-refractivity contribution in [2.75, 3.05) is 11.1 Å². The first-order valence-corrected chi connectivity index (χ1v) is 5.66. The Labute approximate surface area is 109 Å². The minimum absolute atomic E-state index is 0.0800. The van der Waals surface area contributed by atoms with Crippen LogP contribution in [0.4, 0.5) is 15.8 Å². The standard InChI is InChI=1S/C14H13FN2O2/c15-13-7-10(16)4-5-12(13)14(19)17-11-3-1-2-9(6-11)8-18/h1-7,18H,8,16H2,(H,17,19). The van der Waals surface area contributed by atoms with Crippen molar-refractivity contribution in [3.8, 4) is 0 Å². The second kappa shape index (κ2) is 5.49. The number of nitrogen functional groups attached to an aromatic ring is 1. The van der Waals surface area contributed by atoms with Crippen molar-refractivity contribution in [1.29, 1.82) is 0 Å². The lowest BCUT2D eigenvalue weighted by Crippen LogP contribution is -2.14. The van der Waals surface area contributed by atoms with Gasteiger partial charge in [-0.15, -0.1) is 0 Å². The molecule has 0 unspecified atom stereocenters. The number of hydrogen-bond acceptors (Lipinski definition) is 3. The smallest absolute Gasteiger partial charge is 0.258 e. The Bertz CT molecular complexity index is 614. The number of carbonyl (C=O) groups excluding carboxylic acids is 1. The minimum atomic E-state index is -0.671. The van der Waals surface area contributed by atoms with Gasteiger partial charge in [-0.2, -0.15) is 0 Å². The van der Waals surface area contributed by atoms with Crippen molar-refractivity contribution in [2.24, 2.45) is 0 Å². The van der Waals surface area contributed by atoms with E-state index in [-0.39, 0.29) is 17.9 Å². The zero-order valence-electron chi connectivity index (χ0n) is 10.1. The predicted molar refractivity (Wildman–Crippen MR) is 71.1 cm³/mol. The average molecular weight is 260 g/mol. The van der Waals surface area contributed by atoms with Gasteiger partial charge in [-0.05, 0) is 35.9 Å². The normalized spacial score (nSPS) is 10.2. The van der Waals surface area contributed by atoms with Crippen LogP contribution < -0.4 is 11.1 Å². The maximum atomic E-state index is 13.6. The van der Waals surface area contributed by atoms with E-state index >= 15 is 0 Å². The number of aliphatic hydroxyl groups excluding tert-OH is 1. The first-order valence-electron chi connectivity index (χ1n) is 5.66. The number of carbonyl (C=O) groups is 1. The number of nitrogens with one attached hydrogen (secondary N) is 1. The van der Waals surface area contributed by atoms with Crippen LogP contribution in [0.2, 0.25) is 0 Å². The summed E-state index contributed by atoms with van der Waals surface area (Å²) in [5.74, 6) is -1.23. The molecule has 0 saturated heterocycles. The molecule has 1 amide bonds. The maximum absolute atomic E-state index is 13.6. The molecule has 2 aromatic carbocycles. The van der Waals surface area contributed by atoms with Gasteiger partial charge in [0.15, 0.2) is 0 Å². The molecular weight excluding hydrogens is 247 g/mol. The fraction of sp³-hybridized carbons (Fsp3) is 0.0714. The molecule has 0 atom stereocenters. The van der Waals surface area contributed by atoms with Gasteiger partial charge in [0.2, 0.25) is 0 Å². The van der Waals surface area contributed by atoms with Gasteiger partial charge in [0.25, 0.3) is 5.91 Å². The highest BCUT2D eigenvalue weighted by molar-refractivity contribution is 6.04. The Kier molecular flexibility index (Phi) is 3.77. The largest absolute Gasteiger partial charge is 0.399 e. The molecule has 98 valence electrons. The number of rotatable bonds is 3. The quantitative estimate of drug-likeness (QED) is 0.740. The van der Waals surface area contributed by atoms with E-state index in [0.717, 1.165) is 6.07 Å². The Morgan fingerprint density at radius 2 is 2.05 bits per heavy atom. The molecule has 19 heavy (non-hydrogen) atoms. The molecule has 0 radical (unpaired) electrons. The molecule has 0 spiro atoms. The topological polar surface area (TPSA) is 75.4 Å². The van der Waals surface area contributed by atoms with Crippen molar-refractivity contribution >= 4 is 17.3 Å². The van der Waals surface area contributed by atoms with E-state index in [1.807, 2.05) is 0 Å². The summed E-state index contributed by atoms with van der Waals surface area (Å²) in [5.41, 5.74) is 6.75. The lowest BCUT2D eigenvalue weighted by Gasteiger charge is -2.07. The molecule has 0 fully saturated rings. The van der Waals surface area contributed by atoms with Crippen LogP contribution in [0.15, 0.2) is 42.5 Å². The highest BCUT2D eigenvalue weighted by Crippen LogP contribution is 2.15. The third-order valence-corrected chi connectivity index (χ3v) is 2.61. The summed E-state index contributed by atoms with van der Waals surface area (Å²) < 4.78 is 13.6. The number of halogens is 1. The van der Waals surface area contributed by atoms with Crippen molar-refractivity contribution in [3.63, 3.8) is 0 Å². The zero-order chi connectivity index (χ0) is 13.8. The van der Waals surface area contributed by atoms with Gasteiger partial charge in [-0.1, -0.05) is 12.1 Å². The van der Waals surface area contributed by atoms with Crippen LogP contribution in [-0.2, 0) is 6.61 Å². The molecule has 0 saturated carbocycles. The first-order chi connectivity index (χ1) is 9.10. The van der Waals surface area contributed by atoms with E-state index in [9.17, 15) is 9.18 Å². The first kappa shape index (κ1) is 13.0. The number of nitrogens with two attached hydrogens (primary N) is 1. The Morgan fingerprint density at radius 1 is 1.26 bits per heavy atom. The van der Waals surface area contributed by atoms with Gasteiger partial charge in [0.05, 0.1) is 12.2 Å². The van der Waals surface area contributed by atoms with Crippen LogP contribution in [0, 0.1) is 5.82 Å². The van der Waals surface area contributed by atoms with Crippen LogP contribution in [0.1, 0.15) is 15.9 Å². The third kappa shape index (κ3) is 3.08. The van der Waals surface area contributed by atoms with Gasteiger partial charge in [0, 0.05) is 11.4 Å². The highest BCUT2D eigenvalue weighted by atomic mass is 19.1. The fourth-order valence-electron chi connectivity index (χ4n) is 1.66. The minimum Gasteiger partial charge on any atom is -0.399 e. The molecule has 2 rings (SSSR count). The number of amides is 1. The summed E-state index contributed by atoms with van der Waals surface area (Å²) in [6, 6.07) is 10.6. The van der Waals surface area contributed by atoms with E-state index in [1.165, 1.54) is 12.1 Å². The van der Waals surface area contributed by atoms with Crippen molar-refractivity contribution < 1.29 is 14.3 Å². The van der Waals surface area contributed by atoms with Crippen molar-refractivity contribution in [3.05, 3.63) is 59.4 Å². The summed E-state index contributed by atoms with van der Waals surface area (Å²) in [7, 11) is 0. The number of benzene rings is 2. The van der Waals surface area contributed by atoms with Crippen molar-refractivity contribution in [2.45, 2.75) is 6.61 Å². The second-order valence-corrected chi connectivity index (χ2v) is 4.05. The zero-order valence-corrected chi connectivity index (χ0v) is 10.1. The van der Waals surface area contributed by atoms with E-state index < -0.39 is 11.7 Å². The lowest BCUT2D eigenvalue weighted by atomic mass is 10.1. The van der Waals surface area contributed by atoms with Crippen LogP contribution in [0.5, 0.6) is 0 Å². The molecule has 5 heteroatoms. The lowest BCUT2D eigenvalue weighted by molar-refractivity contribution is 0.102. The van der Waals surface area contributed by atoms with Gasteiger partial charge in [-0.3, -0.25) is 4.79 Å². The molecule has 0 aliphatic heterocycles. The van der Waals surface area contributed by atoms with Gasteiger partial charge in [-0.25, -0.2) is 4.39 Å². The number of anilines is 2. The summed E-state index contributed by atoms with van der Waals surface area (Å²) in [6.07, 6.45) is 0. The maximum Gasteiger partial charge on any atom is 0.258 e. The molecule has 0 bridgehead atoms. The summed E-state index contributed by atoms with van der Waals surface area (Å²) in [6.45, 7) is -0.125. The summed E-state index contributed by atoms with van der Waals surface area (Å²) in [5, 5.41) is 11.6. The molecule has 4 N–H and O–H groups in total. The molecule has 0 aliphatic rings. The molecule has 0 aliphatic carbocycles. The second-order valence-electron chi connectivity index (χ2n) is 4.05. The average Bonchev–Trinajstić information content (AvgIpc) is 2.38. The molecule has 2 aromatic rings. The van der Waals surface area contributed by atoms with E-state index in [4.69, 9.17) is 10.8 Å². The molecule has 4 nitrogen and oxygen atoms in total. The van der Waals surface area contributed by atoms with E-state index in [1.54, 1.807) is 24.3 Å². The van der Waals surface area contributed by atoms with Crippen molar-refractivity contribution in [1.82, 2.24) is 0 Å². The third-order valence-electron chi connectivity index (χ3n) is 2.61. The van der Waals surface area contributed by atoms with Gasteiger partial charge >= 0.3 is 0 Å². The fourth-order valence-corrected chi connectivity index (χ4v) is 1.66. The van der Waals surface area contributed by atoms with Gasteiger partial charge in [0.1, 0.15) is 5.82 Å². The predicted octanol–water partition coefficient (Wildman–Crippen LogP) is 2.15. The van der Waals surface area contributed by atoms with Crippen LogP contribution in [0.25, 0.3) is 0 Å². The Balaban J connectivity index is 2.20. The Hall–Kier alpha value is -2.40. The SMILES string of the molecule is Nc1ccc(C(=O)Nc2cccc(CO)c2)c(F)c1. The molecule has 0 aromatic heterocycles. The van der Waals surface area contributed by atoms with Crippen LogP contribution >= 0.6 is 0 Å². The van der Waals surface area contributed by atoms with Gasteiger partial charge < -0.3 is 16.2 Å². The van der Waals surface area contributed by atoms with E-state index in [0.29, 0.717) is 11.3 Å². The number of aliphatic hydroxyl groups is 1. The monoisotopic (exact) mass is 260 g/mol. The van der Waals surface area contributed by atoms with Crippen LogP contribution in [0.3, 0.4) is 0 Å². The molecular formula is C14H13FN2O2. The summed E-state index contributed by atoms with van der Waals surface area (Å²) >= 11 is 0. The van der Waals surface area contributed by atoms with Crippen LogP contribution in [-0.4, -0.2) is 11.0 Å². The summed E-state index contributed by atoms with van der Waals surface area (Å²) in [4.78, 5) is 11.9. The highest BCUT2D eigenvalue weighted by Gasteiger charge is 2.12.